The summed E-state index contributed by atoms with van der Waals surface area (Å²) >= 11 is 11.8. The SMILES string of the molecule is OC(CCC1CCCC1)Cc1ccc(Cl)c(Cl)c1. The summed E-state index contributed by atoms with van der Waals surface area (Å²) in [5, 5.41) is 11.2. The van der Waals surface area contributed by atoms with Crippen LogP contribution in [0.4, 0.5) is 0 Å². The van der Waals surface area contributed by atoms with Crippen LogP contribution in [-0.4, -0.2) is 11.2 Å². The zero-order valence-electron chi connectivity index (χ0n) is 10.5. The molecule has 1 nitrogen and oxygen atoms in total. The fourth-order valence-corrected chi connectivity index (χ4v) is 3.09. The standard InChI is InChI=1S/C15H20Cl2O/c16-14-8-6-12(10-15(14)17)9-13(18)7-5-11-3-1-2-4-11/h6,8,10-11,13,18H,1-5,7,9H2. The summed E-state index contributed by atoms with van der Waals surface area (Å²) in [6.07, 6.45) is 7.89. The van der Waals surface area contributed by atoms with E-state index < -0.39 is 0 Å². The molecule has 1 unspecified atom stereocenters. The largest absolute Gasteiger partial charge is 0.393 e. The molecule has 1 saturated carbocycles. The van der Waals surface area contributed by atoms with Crippen molar-refractivity contribution in [2.75, 3.05) is 0 Å². The summed E-state index contributed by atoms with van der Waals surface area (Å²) in [5.41, 5.74) is 1.06. The summed E-state index contributed by atoms with van der Waals surface area (Å²) in [6, 6.07) is 5.58. The highest BCUT2D eigenvalue weighted by Crippen LogP contribution is 2.29. The van der Waals surface area contributed by atoms with Gasteiger partial charge in [-0.25, -0.2) is 0 Å². The highest BCUT2D eigenvalue weighted by atomic mass is 35.5. The van der Waals surface area contributed by atoms with Gasteiger partial charge in [0.05, 0.1) is 16.1 Å². The monoisotopic (exact) mass is 286 g/mol. The van der Waals surface area contributed by atoms with Crippen LogP contribution in [0.3, 0.4) is 0 Å². The van der Waals surface area contributed by atoms with Crippen molar-refractivity contribution in [1.29, 1.82) is 0 Å². The van der Waals surface area contributed by atoms with Crippen molar-refractivity contribution in [3.63, 3.8) is 0 Å². The quantitative estimate of drug-likeness (QED) is 0.819. The first-order chi connectivity index (χ1) is 8.65. The lowest BCUT2D eigenvalue weighted by molar-refractivity contribution is 0.155. The topological polar surface area (TPSA) is 20.2 Å². The van der Waals surface area contributed by atoms with Crippen LogP contribution in [-0.2, 0) is 6.42 Å². The number of aliphatic hydroxyl groups is 1. The van der Waals surface area contributed by atoms with E-state index in [4.69, 9.17) is 23.2 Å². The minimum atomic E-state index is -0.261. The Morgan fingerprint density at radius 1 is 1.17 bits per heavy atom. The van der Waals surface area contributed by atoms with Crippen LogP contribution in [0.5, 0.6) is 0 Å². The molecule has 18 heavy (non-hydrogen) atoms. The van der Waals surface area contributed by atoms with Gasteiger partial charge in [-0.2, -0.15) is 0 Å². The maximum absolute atomic E-state index is 10.0. The Morgan fingerprint density at radius 2 is 1.89 bits per heavy atom. The van der Waals surface area contributed by atoms with Crippen LogP contribution in [0.25, 0.3) is 0 Å². The van der Waals surface area contributed by atoms with Crippen molar-refractivity contribution in [2.45, 2.75) is 51.0 Å². The van der Waals surface area contributed by atoms with Gasteiger partial charge in [-0.05, 0) is 42.9 Å². The molecule has 0 bridgehead atoms. The Labute approximate surface area is 119 Å². The molecular formula is C15H20Cl2O. The summed E-state index contributed by atoms with van der Waals surface area (Å²) in [4.78, 5) is 0. The molecule has 0 aromatic heterocycles. The van der Waals surface area contributed by atoms with Gasteiger partial charge < -0.3 is 5.11 Å². The summed E-state index contributed by atoms with van der Waals surface area (Å²) < 4.78 is 0. The fourth-order valence-electron chi connectivity index (χ4n) is 2.77. The highest BCUT2D eigenvalue weighted by molar-refractivity contribution is 6.42. The third-order valence-corrected chi connectivity index (χ3v) is 4.58. The van der Waals surface area contributed by atoms with Crippen molar-refractivity contribution in [3.05, 3.63) is 33.8 Å². The maximum atomic E-state index is 10.0. The molecule has 1 aliphatic rings. The number of rotatable bonds is 5. The van der Waals surface area contributed by atoms with E-state index in [1.54, 1.807) is 6.07 Å². The van der Waals surface area contributed by atoms with Gasteiger partial charge in [-0.1, -0.05) is 55.0 Å². The number of aliphatic hydroxyl groups excluding tert-OH is 1. The second kappa shape index (κ2) is 6.79. The van der Waals surface area contributed by atoms with Gasteiger partial charge >= 0.3 is 0 Å². The Kier molecular flexibility index (Phi) is 5.35. The molecule has 0 spiro atoms. The predicted molar refractivity (Wildman–Crippen MR) is 77.4 cm³/mol. The molecular weight excluding hydrogens is 267 g/mol. The van der Waals surface area contributed by atoms with E-state index in [1.807, 2.05) is 12.1 Å². The molecule has 0 aliphatic heterocycles. The van der Waals surface area contributed by atoms with E-state index in [9.17, 15) is 5.11 Å². The molecule has 1 fully saturated rings. The van der Waals surface area contributed by atoms with E-state index in [2.05, 4.69) is 0 Å². The fraction of sp³-hybridized carbons (Fsp3) is 0.600. The lowest BCUT2D eigenvalue weighted by Gasteiger charge is -2.14. The van der Waals surface area contributed by atoms with Gasteiger partial charge in [0.15, 0.2) is 0 Å². The van der Waals surface area contributed by atoms with Gasteiger partial charge in [0, 0.05) is 0 Å². The van der Waals surface area contributed by atoms with Crippen molar-refractivity contribution < 1.29 is 5.11 Å². The van der Waals surface area contributed by atoms with E-state index in [1.165, 1.54) is 25.7 Å². The first-order valence-corrected chi connectivity index (χ1v) is 7.52. The van der Waals surface area contributed by atoms with Gasteiger partial charge in [-0.3, -0.25) is 0 Å². The molecule has 0 radical (unpaired) electrons. The Bertz CT molecular complexity index is 386. The molecule has 2 rings (SSSR count). The summed E-state index contributed by atoms with van der Waals surface area (Å²) in [7, 11) is 0. The molecule has 1 aromatic carbocycles. The molecule has 1 aliphatic carbocycles. The maximum Gasteiger partial charge on any atom is 0.0595 e. The third-order valence-electron chi connectivity index (χ3n) is 3.84. The lowest BCUT2D eigenvalue weighted by Crippen LogP contribution is -2.12. The molecule has 3 heteroatoms. The number of benzene rings is 1. The first-order valence-electron chi connectivity index (χ1n) is 6.77. The van der Waals surface area contributed by atoms with E-state index in [-0.39, 0.29) is 6.10 Å². The van der Waals surface area contributed by atoms with Crippen LogP contribution < -0.4 is 0 Å². The molecule has 100 valence electrons. The highest BCUT2D eigenvalue weighted by Gasteiger charge is 2.16. The van der Waals surface area contributed by atoms with Crippen molar-refractivity contribution in [1.82, 2.24) is 0 Å². The van der Waals surface area contributed by atoms with Crippen LogP contribution in [0, 0.1) is 5.92 Å². The Morgan fingerprint density at radius 3 is 2.56 bits per heavy atom. The average Bonchev–Trinajstić information content (AvgIpc) is 2.84. The third kappa shape index (κ3) is 4.15. The zero-order valence-corrected chi connectivity index (χ0v) is 12.1. The first kappa shape index (κ1) is 14.2. The Hall–Kier alpha value is -0.240. The van der Waals surface area contributed by atoms with E-state index >= 15 is 0 Å². The average molecular weight is 287 g/mol. The lowest BCUT2D eigenvalue weighted by atomic mass is 9.97. The smallest absolute Gasteiger partial charge is 0.0595 e. The summed E-state index contributed by atoms with van der Waals surface area (Å²) in [5.74, 6) is 0.841. The number of hydrogen-bond acceptors (Lipinski definition) is 1. The van der Waals surface area contributed by atoms with Crippen molar-refractivity contribution in [3.8, 4) is 0 Å². The van der Waals surface area contributed by atoms with E-state index in [0.29, 0.717) is 16.5 Å². The van der Waals surface area contributed by atoms with Crippen LogP contribution in [0.1, 0.15) is 44.1 Å². The molecule has 0 saturated heterocycles. The predicted octanol–water partition coefficient (Wildman–Crippen LogP) is 4.87. The normalized spacial score (nSPS) is 18.2. The molecule has 1 N–H and O–H groups in total. The second-order valence-electron chi connectivity index (χ2n) is 5.33. The van der Waals surface area contributed by atoms with Gasteiger partial charge in [0.1, 0.15) is 0 Å². The van der Waals surface area contributed by atoms with Crippen LogP contribution in [0.2, 0.25) is 10.0 Å². The Balaban J connectivity index is 1.78. The van der Waals surface area contributed by atoms with Crippen LogP contribution in [0.15, 0.2) is 18.2 Å². The van der Waals surface area contributed by atoms with Gasteiger partial charge in [0.25, 0.3) is 0 Å². The molecule has 1 atom stereocenters. The van der Waals surface area contributed by atoms with E-state index in [0.717, 1.165) is 24.3 Å². The number of hydrogen-bond donors (Lipinski definition) is 1. The molecule has 0 heterocycles. The van der Waals surface area contributed by atoms with Crippen LogP contribution >= 0.6 is 23.2 Å². The van der Waals surface area contributed by atoms with Crippen molar-refractivity contribution in [2.24, 2.45) is 5.92 Å². The molecule has 1 aromatic rings. The minimum Gasteiger partial charge on any atom is -0.393 e. The zero-order chi connectivity index (χ0) is 13.0. The van der Waals surface area contributed by atoms with Gasteiger partial charge in [0.2, 0.25) is 0 Å². The second-order valence-corrected chi connectivity index (χ2v) is 6.15. The molecule has 0 amide bonds. The summed E-state index contributed by atoms with van der Waals surface area (Å²) in [6.45, 7) is 0. The van der Waals surface area contributed by atoms with Gasteiger partial charge in [-0.15, -0.1) is 0 Å². The number of halogens is 2. The van der Waals surface area contributed by atoms with Crippen molar-refractivity contribution >= 4 is 23.2 Å². The minimum absolute atomic E-state index is 0.261.